The molecule has 1 saturated heterocycles. The molecule has 0 bridgehead atoms. The predicted molar refractivity (Wildman–Crippen MR) is 70.1 cm³/mol. The summed E-state index contributed by atoms with van der Waals surface area (Å²) in [5, 5.41) is 9.63. The molecule has 1 aliphatic rings. The molecule has 2 atom stereocenters. The highest BCUT2D eigenvalue weighted by Gasteiger charge is 2.43. The molecule has 1 aliphatic heterocycles. The maximum atomic E-state index is 12.1. The molecule has 0 aromatic heterocycles. The molecule has 1 aromatic carbocycles. The summed E-state index contributed by atoms with van der Waals surface area (Å²) >= 11 is 0. The van der Waals surface area contributed by atoms with Gasteiger partial charge in [0.25, 0.3) is 0 Å². The van der Waals surface area contributed by atoms with E-state index >= 15 is 0 Å². The van der Waals surface area contributed by atoms with E-state index in [1.54, 1.807) is 26.8 Å². The Morgan fingerprint density at radius 1 is 1.21 bits per heavy atom. The zero-order valence-corrected chi connectivity index (χ0v) is 11.2. The van der Waals surface area contributed by atoms with E-state index in [1.807, 2.05) is 0 Å². The molecule has 1 heterocycles. The number of rotatable bonds is 3. The van der Waals surface area contributed by atoms with Gasteiger partial charge in [-0.3, -0.25) is 9.59 Å². The van der Waals surface area contributed by atoms with Crippen molar-refractivity contribution in [1.82, 2.24) is 0 Å². The molecule has 1 aromatic rings. The second-order valence-corrected chi connectivity index (χ2v) is 4.67. The van der Waals surface area contributed by atoms with E-state index in [1.165, 1.54) is 12.1 Å². The van der Waals surface area contributed by atoms with Gasteiger partial charge < -0.3 is 9.84 Å². The van der Waals surface area contributed by atoms with Crippen molar-refractivity contribution in [3.05, 3.63) is 18.2 Å². The molecule has 0 spiro atoms. The zero-order chi connectivity index (χ0) is 14.2. The fourth-order valence-corrected chi connectivity index (χ4v) is 2.11. The summed E-state index contributed by atoms with van der Waals surface area (Å²) in [5.74, 6) is -0.816. The standard InChI is InChI=1S/C14H17NO4/c1-4-19-12-7-10(5-6-11(12)16)15-13(17)8(2)9(3)14(15)18/h5-9,16H,4H2,1-3H3. The Kier molecular flexibility index (Phi) is 3.46. The number of imide groups is 1. The molecule has 1 fully saturated rings. The van der Waals surface area contributed by atoms with Crippen LogP contribution in [-0.4, -0.2) is 23.5 Å². The van der Waals surface area contributed by atoms with Gasteiger partial charge in [-0.25, -0.2) is 4.90 Å². The molecule has 2 amide bonds. The van der Waals surface area contributed by atoms with Crippen LogP contribution in [-0.2, 0) is 9.59 Å². The molecule has 19 heavy (non-hydrogen) atoms. The lowest BCUT2D eigenvalue weighted by atomic mass is 10.00. The van der Waals surface area contributed by atoms with Gasteiger partial charge in [-0.15, -0.1) is 0 Å². The average Bonchev–Trinajstić information content (AvgIpc) is 2.57. The van der Waals surface area contributed by atoms with Crippen LogP contribution < -0.4 is 9.64 Å². The number of nitrogens with zero attached hydrogens (tertiary/aromatic N) is 1. The number of ether oxygens (including phenoxy) is 1. The van der Waals surface area contributed by atoms with Gasteiger partial charge in [-0.1, -0.05) is 13.8 Å². The molecule has 2 unspecified atom stereocenters. The number of amides is 2. The fraction of sp³-hybridized carbons (Fsp3) is 0.429. The first-order chi connectivity index (χ1) is 8.97. The minimum Gasteiger partial charge on any atom is -0.504 e. The number of phenols is 1. The summed E-state index contributed by atoms with van der Waals surface area (Å²) in [6.45, 7) is 5.68. The minimum atomic E-state index is -0.322. The lowest BCUT2D eigenvalue weighted by molar-refractivity contribution is -0.122. The zero-order valence-electron chi connectivity index (χ0n) is 11.2. The number of phenolic OH excluding ortho intramolecular Hbond substituents is 1. The summed E-state index contributed by atoms with van der Waals surface area (Å²) in [5.41, 5.74) is 0.437. The summed E-state index contributed by atoms with van der Waals surface area (Å²) in [6.07, 6.45) is 0. The highest BCUT2D eigenvalue weighted by molar-refractivity contribution is 6.21. The van der Waals surface area contributed by atoms with Crippen LogP contribution >= 0.6 is 0 Å². The normalized spacial score (nSPS) is 23.0. The molecule has 5 heteroatoms. The fourth-order valence-electron chi connectivity index (χ4n) is 2.11. The van der Waals surface area contributed by atoms with Crippen molar-refractivity contribution in [3.63, 3.8) is 0 Å². The Hall–Kier alpha value is -2.04. The first-order valence-corrected chi connectivity index (χ1v) is 6.31. The number of carbonyl (C=O) groups is 2. The van der Waals surface area contributed by atoms with E-state index in [0.717, 1.165) is 4.90 Å². The third kappa shape index (κ3) is 2.16. The quantitative estimate of drug-likeness (QED) is 0.846. The molecule has 0 saturated carbocycles. The van der Waals surface area contributed by atoms with Gasteiger partial charge in [-0.2, -0.15) is 0 Å². The Morgan fingerprint density at radius 3 is 2.32 bits per heavy atom. The van der Waals surface area contributed by atoms with E-state index in [-0.39, 0.29) is 35.1 Å². The average molecular weight is 263 g/mol. The van der Waals surface area contributed by atoms with Crippen LogP contribution in [0.5, 0.6) is 11.5 Å². The van der Waals surface area contributed by atoms with Gasteiger partial charge in [0.1, 0.15) is 0 Å². The lowest BCUT2D eigenvalue weighted by Crippen LogP contribution is -2.30. The highest BCUT2D eigenvalue weighted by Crippen LogP contribution is 2.35. The largest absolute Gasteiger partial charge is 0.504 e. The van der Waals surface area contributed by atoms with Crippen LogP contribution in [0.1, 0.15) is 20.8 Å². The van der Waals surface area contributed by atoms with Gasteiger partial charge >= 0.3 is 0 Å². The second kappa shape index (κ2) is 4.91. The summed E-state index contributed by atoms with van der Waals surface area (Å²) in [7, 11) is 0. The number of carbonyl (C=O) groups excluding carboxylic acids is 2. The number of hydrogen-bond acceptors (Lipinski definition) is 4. The Bertz CT molecular complexity index is 506. The third-order valence-corrected chi connectivity index (χ3v) is 3.47. The van der Waals surface area contributed by atoms with E-state index in [2.05, 4.69) is 0 Å². The highest BCUT2D eigenvalue weighted by atomic mass is 16.5. The summed E-state index contributed by atoms with van der Waals surface area (Å²) < 4.78 is 5.26. The molecule has 1 N–H and O–H groups in total. The van der Waals surface area contributed by atoms with Crippen LogP contribution in [0.3, 0.4) is 0 Å². The van der Waals surface area contributed by atoms with Crippen molar-refractivity contribution < 1.29 is 19.4 Å². The minimum absolute atomic E-state index is 0.00853. The lowest BCUT2D eigenvalue weighted by Gasteiger charge is -2.16. The van der Waals surface area contributed by atoms with Crippen molar-refractivity contribution in [2.24, 2.45) is 11.8 Å². The van der Waals surface area contributed by atoms with E-state index in [4.69, 9.17) is 4.74 Å². The summed E-state index contributed by atoms with van der Waals surface area (Å²) in [6, 6.07) is 4.48. The number of aromatic hydroxyl groups is 1. The molecule has 0 aliphatic carbocycles. The Balaban J connectivity index is 2.39. The van der Waals surface area contributed by atoms with Crippen molar-refractivity contribution in [2.45, 2.75) is 20.8 Å². The van der Waals surface area contributed by atoms with Gasteiger partial charge in [-0.05, 0) is 19.1 Å². The Morgan fingerprint density at radius 2 is 1.79 bits per heavy atom. The van der Waals surface area contributed by atoms with Crippen LogP contribution in [0.15, 0.2) is 18.2 Å². The molecular weight excluding hydrogens is 246 g/mol. The van der Waals surface area contributed by atoms with Gasteiger partial charge in [0.2, 0.25) is 11.8 Å². The van der Waals surface area contributed by atoms with Crippen molar-refractivity contribution >= 4 is 17.5 Å². The number of hydrogen-bond donors (Lipinski definition) is 1. The van der Waals surface area contributed by atoms with Crippen LogP contribution in [0.2, 0.25) is 0 Å². The number of benzene rings is 1. The van der Waals surface area contributed by atoms with Crippen molar-refractivity contribution in [1.29, 1.82) is 0 Å². The molecule has 2 rings (SSSR count). The third-order valence-electron chi connectivity index (χ3n) is 3.47. The monoisotopic (exact) mass is 263 g/mol. The van der Waals surface area contributed by atoms with Crippen LogP contribution in [0, 0.1) is 11.8 Å². The van der Waals surface area contributed by atoms with E-state index < -0.39 is 0 Å². The van der Waals surface area contributed by atoms with E-state index in [0.29, 0.717) is 12.3 Å². The first kappa shape index (κ1) is 13.4. The predicted octanol–water partition coefficient (Wildman–Crippen LogP) is 1.94. The topological polar surface area (TPSA) is 66.8 Å². The number of anilines is 1. The smallest absolute Gasteiger partial charge is 0.237 e. The Labute approximate surface area is 111 Å². The van der Waals surface area contributed by atoms with E-state index in [9.17, 15) is 14.7 Å². The maximum absolute atomic E-state index is 12.1. The molecule has 5 nitrogen and oxygen atoms in total. The van der Waals surface area contributed by atoms with Gasteiger partial charge in [0, 0.05) is 17.9 Å². The maximum Gasteiger partial charge on any atom is 0.237 e. The molecule has 102 valence electrons. The SMILES string of the molecule is CCOc1cc(N2C(=O)C(C)C(C)C2=O)ccc1O. The second-order valence-electron chi connectivity index (χ2n) is 4.67. The van der Waals surface area contributed by atoms with Gasteiger partial charge in [0.05, 0.1) is 12.3 Å². The van der Waals surface area contributed by atoms with Crippen LogP contribution in [0.25, 0.3) is 0 Å². The molecular formula is C14H17NO4. The molecule has 0 radical (unpaired) electrons. The van der Waals surface area contributed by atoms with Gasteiger partial charge in [0.15, 0.2) is 11.5 Å². The van der Waals surface area contributed by atoms with Crippen molar-refractivity contribution in [3.8, 4) is 11.5 Å². The van der Waals surface area contributed by atoms with Crippen molar-refractivity contribution in [2.75, 3.05) is 11.5 Å². The first-order valence-electron chi connectivity index (χ1n) is 6.31. The van der Waals surface area contributed by atoms with Crippen LogP contribution in [0.4, 0.5) is 5.69 Å². The summed E-state index contributed by atoms with van der Waals surface area (Å²) in [4.78, 5) is 25.3.